The van der Waals surface area contributed by atoms with Crippen LogP contribution in [0.15, 0.2) is 42.5 Å². The van der Waals surface area contributed by atoms with Crippen LogP contribution in [0.2, 0.25) is 0 Å². The van der Waals surface area contributed by atoms with Gasteiger partial charge in [-0.15, -0.1) is 0 Å². The SMILES string of the molecule is O=C(NCc1cccc2ccccc12)NCC(O)COCC1CC1. The van der Waals surface area contributed by atoms with Crippen molar-refractivity contribution in [2.75, 3.05) is 19.8 Å². The molecule has 5 heteroatoms. The van der Waals surface area contributed by atoms with E-state index in [-0.39, 0.29) is 19.2 Å². The van der Waals surface area contributed by atoms with Crippen LogP contribution in [0.5, 0.6) is 0 Å². The number of urea groups is 1. The molecule has 1 aliphatic rings. The molecule has 3 N–H and O–H groups in total. The number of aliphatic hydroxyl groups excluding tert-OH is 1. The molecule has 2 aromatic rings. The first-order valence-electron chi connectivity index (χ1n) is 8.46. The van der Waals surface area contributed by atoms with Gasteiger partial charge in [-0.05, 0) is 35.1 Å². The summed E-state index contributed by atoms with van der Waals surface area (Å²) in [7, 11) is 0. The van der Waals surface area contributed by atoms with Crippen molar-refractivity contribution < 1.29 is 14.6 Å². The van der Waals surface area contributed by atoms with Gasteiger partial charge < -0.3 is 20.5 Å². The highest BCUT2D eigenvalue weighted by Gasteiger charge is 2.21. The monoisotopic (exact) mass is 328 g/mol. The van der Waals surface area contributed by atoms with Gasteiger partial charge in [0.15, 0.2) is 0 Å². The minimum Gasteiger partial charge on any atom is -0.389 e. The Bertz CT molecular complexity index is 680. The third kappa shape index (κ3) is 4.94. The summed E-state index contributed by atoms with van der Waals surface area (Å²) in [6.45, 7) is 1.61. The Hall–Kier alpha value is -2.11. The van der Waals surface area contributed by atoms with Crippen molar-refractivity contribution in [2.45, 2.75) is 25.5 Å². The van der Waals surface area contributed by atoms with Gasteiger partial charge in [0, 0.05) is 19.7 Å². The van der Waals surface area contributed by atoms with Gasteiger partial charge in [-0.3, -0.25) is 0 Å². The Morgan fingerprint density at radius 2 is 1.96 bits per heavy atom. The molecule has 1 aliphatic carbocycles. The molecule has 3 rings (SSSR count). The lowest BCUT2D eigenvalue weighted by molar-refractivity contribution is 0.0337. The smallest absolute Gasteiger partial charge is 0.315 e. The van der Waals surface area contributed by atoms with Crippen LogP contribution in [0, 0.1) is 5.92 Å². The summed E-state index contributed by atoms with van der Waals surface area (Å²) in [5.41, 5.74) is 1.07. The zero-order chi connectivity index (χ0) is 16.8. The van der Waals surface area contributed by atoms with Crippen molar-refractivity contribution in [1.29, 1.82) is 0 Å². The summed E-state index contributed by atoms with van der Waals surface area (Å²) in [6.07, 6.45) is 1.78. The van der Waals surface area contributed by atoms with Crippen LogP contribution in [-0.4, -0.2) is 37.0 Å². The summed E-state index contributed by atoms with van der Waals surface area (Å²) in [6, 6.07) is 13.8. The highest BCUT2D eigenvalue weighted by atomic mass is 16.5. The number of hydrogen-bond donors (Lipinski definition) is 3. The van der Waals surface area contributed by atoms with Crippen molar-refractivity contribution >= 4 is 16.8 Å². The van der Waals surface area contributed by atoms with Gasteiger partial charge in [-0.1, -0.05) is 42.5 Å². The van der Waals surface area contributed by atoms with E-state index in [9.17, 15) is 9.90 Å². The molecular formula is C19H24N2O3. The van der Waals surface area contributed by atoms with Crippen LogP contribution in [-0.2, 0) is 11.3 Å². The maximum absolute atomic E-state index is 11.9. The number of nitrogens with one attached hydrogen (secondary N) is 2. The third-order valence-corrected chi connectivity index (χ3v) is 4.18. The number of benzene rings is 2. The molecule has 0 aromatic heterocycles. The second kappa shape index (κ2) is 8.13. The molecule has 128 valence electrons. The van der Waals surface area contributed by atoms with Crippen LogP contribution in [0.1, 0.15) is 18.4 Å². The van der Waals surface area contributed by atoms with E-state index in [0.717, 1.165) is 16.3 Å². The van der Waals surface area contributed by atoms with Gasteiger partial charge in [-0.25, -0.2) is 4.79 Å². The molecule has 2 aromatic carbocycles. The number of carbonyl (C=O) groups excluding carboxylic acids is 1. The minimum atomic E-state index is -0.674. The van der Waals surface area contributed by atoms with E-state index in [2.05, 4.69) is 22.8 Å². The van der Waals surface area contributed by atoms with Crippen LogP contribution in [0.3, 0.4) is 0 Å². The lowest BCUT2D eigenvalue weighted by atomic mass is 10.0. The number of carbonyl (C=O) groups is 1. The number of hydrogen-bond acceptors (Lipinski definition) is 3. The molecule has 24 heavy (non-hydrogen) atoms. The molecule has 1 fully saturated rings. The lowest BCUT2D eigenvalue weighted by Crippen LogP contribution is -2.40. The number of aliphatic hydroxyl groups is 1. The second-order valence-electron chi connectivity index (χ2n) is 6.34. The topological polar surface area (TPSA) is 70.6 Å². The van der Waals surface area contributed by atoms with Crippen molar-refractivity contribution in [3.63, 3.8) is 0 Å². The van der Waals surface area contributed by atoms with Gasteiger partial charge in [0.1, 0.15) is 0 Å². The van der Waals surface area contributed by atoms with Crippen LogP contribution in [0.25, 0.3) is 10.8 Å². The predicted octanol–water partition coefficient (Wildman–Crippen LogP) is 2.43. The number of amides is 2. The molecule has 1 unspecified atom stereocenters. The molecule has 0 aliphatic heterocycles. The highest BCUT2D eigenvalue weighted by molar-refractivity contribution is 5.86. The molecule has 0 heterocycles. The first-order chi connectivity index (χ1) is 11.7. The van der Waals surface area contributed by atoms with E-state index in [1.807, 2.05) is 30.3 Å². The Labute approximate surface area is 142 Å². The fourth-order valence-corrected chi connectivity index (χ4v) is 2.61. The Morgan fingerprint density at radius 1 is 1.17 bits per heavy atom. The summed E-state index contributed by atoms with van der Waals surface area (Å²) < 4.78 is 5.41. The average Bonchev–Trinajstić information content (AvgIpc) is 3.42. The summed E-state index contributed by atoms with van der Waals surface area (Å²) >= 11 is 0. The first kappa shape index (κ1) is 16.7. The highest BCUT2D eigenvalue weighted by Crippen LogP contribution is 2.28. The molecule has 0 saturated heterocycles. The molecule has 5 nitrogen and oxygen atoms in total. The molecular weight excluding hydrogens is 304 g/mol. The molecule has 1 atom stereocenters. The summed E-state index contributed by atoms with van der Waals surface area (Å²) in [4.78, 5) is 11.9. The molecule has 0 radical (unpaired) electrons. The standard InChI is InChI=1S/C19H24N2O3/c22-17(13-24-12-14-8-9-14)11-21-19(23)20-10-16-6-3-5-15-4-1-2-7-18(15)16/h1-7,14,17,22H,8-13H2,(H2,20,21,23). The number of ether oxygens (including phenoxy) is 1. The van der Waals surface area contributed by atoms with Gasteiger partial charge in [0.05, 0.1) is 12.7 Å². The lowest BCUT2D eigenvalue weighted by Gasteiger charge is -2.13. The third-order valence-electron chi connectivity index (χ3n) is 4.18. The van der Waals surface area contributed by atoms with Gasteiger partial charge in [0.2, 0.25) is 0 Å². The van der Waals surface area contributed by atoms with E-state index in [1.54, 1.807) is 0 Å². The molecule has 0 spiro atoms. The van der Waals surface area contributed by atoms with Crippen molar-refractivity contribution in [2.24, 2.45) is 5.92 Å². The van der Waals surface area contributed by atoms with Gasteiger partial charge in [-0.2, -0.15) is 0 Å². The minimum absolute atomic E-state index is 0.187. The largest absolute Gasteiger partial charge is 0.389 e. The van der Waals surface area contributed by atoms with Crippen LogP contribution in [0.4, 0.5) is 4.79 Å². The first-order valence-corrected chi connectivity index (χ1v) is 8.46. The maximum Gasteiger partial charge on any atom is 0.315 e. The predicted molar refractivity (Wildman–Crippen MR) is 93.7 cm³/mol. The normalized spacial score (nSPS) is 15.2. The number of fused-ring (bicyclic) bond motifs is 1. The van der Waals surface area contributed by atoms with Crippen molar-refractivity contribution in [3.05, 3.63) is 48.0 Å². The van der Waals surface area contributed by atoms with Gasteiger partial charge >= 0.3 is 6.03 Å². The van der Waals surface area contributed by atoms with E-state index >= 15 is 0 Å². The molecule has 0 bridgehead atoms. The Morgan fingerprint density at radius 3 is 2.79 bits per heavy atom. The average molecular weight is 328 g/mol. The van der Waals surface area contributed by atoms with E-state index in [4.69, 9.17) is 4.74 Å². The fourth-order valence-electron chi connectivity index (χ4n) is 2.61. The van der Waals surface area contributed by atoms with Crippen molar-refractivity contribution in [3.8, 4) is 0 Å². The van der Waals surface area contributed by atoms with E-state index < -0.39 is 6.10 Å². The molecule has 1 saturated carbocycles. The maximum atomic E-state index is 11.9. The Balaban J connectivity index is 1.39. The van der Waals surface area contributed by atoms with Crippen LogP contribution < -0.4 is 10.6 Å². The summed E-state index contributed by atoms with van der Waals surface area (Å²) in [5, 5.41) is 17.6. The van der Waals surface area contributed by atoms with Gasteiger partial charge in [0.25, 0.3) is 0 Å². The summed E-state index contributed by atoms with van der Waals surface area (Å²) in [5.74, 6) is 0.675. The van der Waals surface area contributed by atoms with Crippen molar-refractivity contribution in [1.82, 2.24) is 10.6 Å². The van der Waals surface area contributed by atoms with Crippen LogP contribution >= 0.6 is 0 Å². The second-order valence-corrected chi connectivity index (χ2v) is 6.34. The molecule has 2 amide bonds. The quantitative estimate of drug-likeness (QED) is 0.697. The fraction of sp³-hybridized carbons (Fsp3) is 0.421. The zero-order valence-electron chi connectivity index (χ0n) is 13.7. The van der Waals surface area contributed by atoms with E-state index in [1.165, 1.54) is 12.8 Å². The number of rotatable bonds is 8. The zero-order valence-corrected chi connectivity index (χ0v) is 13.7. The van der Waals surface area contributed by atoms with E-state index in [0.29, 0.717) is 19.1 Å². The Kier molecular flexibility index (Phi) is 5.67.